The van der Waals surface area contributed by atoms with Crippen molar-refractivity contribution in [3.05, 3.63) is 40.4 Å². The molecule has 1 aromatic carbocycles. The molecule has 1 aromatic heterocycles. The third-order valence-corrected chi connectivity index (χ3v) is 2.61. The predicted octanol–water partition coefficient (Wildman–Crippen LogP) is 2.07. The average molecular weight is 187 g/mol. The van der Waals surface area contributed by atoms with Crippen LogP contribution in [0.15, 0.2) is 33.6 Å². The number of fused-ring (bicyclic) bond motifs is 1. The number of rotatable bonds is 1. The number of aromatic nitrogens is 1. The van der Waals surface area contributed by atoms with Crippen LogP contribution >= 0.6 is 0 Å². The molecule has 3 nitrogen and oxygen atoms in total. The van der Waals surface area contributed by atoms with Crippen LogP contribution in [0.5, 0.6) is 0 Å². The normalized spacial score (nSPS) is 16.0. The summed E-state index contributed by atoms with van der Waals surface area (Å²) < 4.78 is 4.77. The lowest BCUT2D eigenvalue weighted by molar-refractivity contribution is 0.367. The van der Waals surface area contributed by atoms with Crippen molar-refractivity contribution in [2.24, 2.45) is 0 Å². The van der Waals surface area contributed by atoms with Crippen molar-refractivity contribution >= 4 is 10.8 Å². The molecule has 1 heterocycles. The van der Waals surface area contributed by atoms with E-state index >= 15 is 0 Å². The maximum atomic E-state index is 11.3. The molecule has 0 bridgehead atoms. The molecule has 14 heavy (non-hydrogen) atoms. The molecule has 0 unspecified atom stereocenters. The molecular formula is C11H9NO2. The van der Waals surface area contributed by atoms with E-state index in [4.69, 9.17) is 4.52 Å². The van der Waals surface area contributed by atoms with Gasteiger partial charge in [-0.15, -0.1) is 0 Å². The molecule has 1 fully saturated rings. The first-order valence-electron chi connectivity index (χ1n) is 4.75. The van der Waals surface area contributed by atoms with Crippen LogP contribution in [0.4, 0.5) is 0 Å². The third kappa shape index (κ3) is 1.05. The van der Waals surface area contributed by atoms with Gasteiger partial charge in [0.05, 0.1) is 11.1 Å². The Morgan fingerprint density at radius 3 is 2.64 bits per heavy atom. The Hall–Kier alpha value is -1.64. The van der Waals surface area contributed by atoms with E-state index in [1.807, 2.05) is 18.2 Å². The van der Waals surface area contributed by atoms with Gasteiger partial charge in [0.15, 0.2) is 0 Å². The van der Waals surface area contributed by atoms with Crippen molar-refractivity contribution < 1.29 is 4.52 Å². The Labute approximate surface area is 80.3 Å². The van der Waals surface area contributed by atoms with Crippen LogP contribution in [0.2, 0.25) is 0 Å². The van der Waals surface area contributed by atoms with Crippen LogP contribution in [0.25, 0.3) is 10.8 Å². The minimum atomic E-state index is -0.343. The summed E-state index contributed by atoms with van der Waals surface area (Å²) in [6.45, 7) is 0. The fourth-order valence-corrected chi connectivity index (χ4v) is 1.72. The van der Waals surface area contributed by atoms with E-state index < -0.39 is 0 Å². The fourth-order valence-electron chi connectivity index (χ4n) is 1.72. The van der Waals surface area contributed by atoms with Gasteiger partial charge < -0.3 is 4.52 Å². The molecule has 0 spiro atoms. The summed E-state index contributed by atoms with van der Waals surface area (Å²) in [5, 5.41) is 5.47. The first kappa shape index (κ1) is 7.74. The van der Waals surface area contributed by atoms with Crippen molar-refractivity contribution in [1.29, 1.82) is 0 Å². The highest BCUT2D eigenvalue weighted by Gasteiger charge is 2.28. The molecule has 1 aliphatic rings. The smallest absolute Gasteiger partial charge is 0.312 e. The number of nitrogens with zero attached hydrogens (tertiary/aromatic N) is 1. The van der Waals surface area contributed by atoms with Crippen LogP contribution in [0, 0.1) is 0 Å². The van der Waals surface area contributed by atoms with Crippen molar-refractivity contribution in [2.75, 3.05) is 0 Å². The Balaban J connectivity index is 2.41. The lowest BCUT2D eigenvalue weighted by Gasteiger charge is -1.99. The van der Waals surface area contributed by atoms with E-state index in [0.29, 0.717) is 11.3 Å². The van der Waals surface area contributed by atoms with Crippen molar-refractivity contribution in [2.45, 2.75) is 18.8 Å². The van der Waals surface area contributed by atoms with Crippen LogP contribution in [0.3, 0.4) is 0 Å². The van der Waals surface area contributed by atoms with Crippen LogP contribution in [0.1, 0.15) is 24.5 Å². The maximum absolute atomic E-state index is 11.3. The Morgan fingerprint density at radius 2 is 1.93 bits per heavy atom. The monoisotopic (exact) mass is 187 g/mol. The van der Waals surface area contributed by atoms with E-state index in [2.05, 4.69) is 5.16 Å². The zero-order valence-corrected chi connectivity index (χ0v) is 7.56. The quantitative estimate of drug-likeness (QED) is 0.686. The first-order valence-corrected chi connectivity index (χ1v) is 4.75. The van der Waals surface area contributed by atoms with E-state index in [1.54, 1.807) is 6.07 Å². The largest absolute Gasteiger partial charge is 0.366 e. The second kappa shape index (κ2) is 2.67. The molecule has 3 rings (SSSR count). The summed E-state index contributed by atoms with van der Waals surface area (Å²) in [4.78, 5) is 11.3. The molecule has 1 aliphatic carbocycles. The summed E-state index contributed by atoms with van der Waals surface area (Å²) in [5.74, 6) is 0.504. The summed E-state index contributed by atoms with van der Waals surface area (Å²) in [7, 11) is 0. The molecule has 0 amide bonds. The van der Waals surface area contributed by atoms with E-state index in [1.165, 1.54) is 0 Å². The zero-order chi connectivity index (χ0) is 9.54. The van der Waals surface area contributed by atoms with Gasteiger partial charge in [-0.1, -0.05) is 23.4 Å². The van der Waals surface area contributed by atoms with E-state index in [9.17, 15) is 4.79 Å². The summed E-state index contributed by atoms with van der Waals surface area (Å²) in [5.41, 5.74) is 0.602. The first-order chi connectivity index (χ1) is 6.86. The van der Waals surface area contributed by atoms with Crippen molar-refractivity contribution in [3.63, 3.8) is 0 Å². The molecule has 0 radical (unpaired) electrons. The minimum absolute atomic E-state index is 0.343. The SMILES string of the molecule is O=c1onc(C2CC2)c2ccccc12. The van der Waals surface area contributed by atoms with Crippen LogP contribution < -0.4 is 5.63 Å². The Bertz CT molecular complexity index is 540. The zero-order valence-electron chi connectivity index (χ0n) is 7.56. The predicted molar refractivity (Wildman–Crippen MR) is 52.3 cm³/mol. The number of hydrogen-bond donors (Lipinski definition) is 0. The lowest BCUT2D eigenvalue weighted by atomic mass is 10.1. The van der Waals surface area contributed by atoms with Gasteiger partial charge in [-0.2, -0.15) is 0 Å². The molecule has 70 valence electrons. The van der Waals surface area contributed by atoms with Crippen molar-refractivity contribution in [3.8, 4) is 0 Å². The van der Waals surface area contributed by atoms with Crippen LogP contribution in [-0.4, -0.2) is 5.16 Å². The molecule has 1 saturated carbocycles. The molecule has 0 saturated heterocycles. The third-order valence-electron chi connectivity index (χ3n) is 2.61. The number of benzene rings is 1. The highest BCUT2D eigenvalue weighted by molar-refractivity contribution is 5.83. The minimum Gasteiger partial charge on any atom is -0.312 e. The second-order valence-electron chi connectivity index (χ2n) is 3.68. The van der Waals surface area contributed by atoms with Crippen molar-refractivity contribution in [1.82, 2.24) is 5.16 Å². The molecule has 0 atom stereocenters. The highest BCUT2D eigenvalue weighted by Crippen LogP contribution is 2.41. The van der Waals surface area contributed by atoms with E-state index in [0.717, 1.165) is 23.9 Å². The summed E-state index contributed by atoms with van der Waals surface area (Å²) >= 11 is 0. The lowest BCUT2D eigenvalue weighted by Crippen LogP contribution is -2.03. The summed E-state index contributed by atoms with van der Waals surface area (Å²) in [6, 6.07) is 7.49. The second-order valence-corrected chi connectivity index (χ2v) is 3.68. The van der Waals surface area contributed by atoms with Gasteiger partial charge in [0.25, 0.3) is 0 Å². The number of hydrogen-bond acceptors (Lipinski definition) is 3. The van der Waals surface area contributed by atoms with Gasteiger partial charge in [-0.25, -0.2) is 4.79 Å². The van der Waals surface area contributed by atoms with Gasteiger partial charge in [-0.05, 0) is 18.9 Å². The molecular weight excluding hydrogens is 178 g/mol. The van der Waals surface area contributed by atoms with Gasteiger partial charge >= 0.3 is 5.63 Å². The van der Waals surface area contributed by atoms with E-state index in [-0.39, 0.29) is 5.63 Å². The molecule has 2 aromatic rings. The molecule has 3 heteroatoms. The van der Waals surface area contributed by atoms with Gasteiger partial charge in [0, 0.05) is 11.3 Å². The van der Waals surface area contributed by atoms with Gasteiger partial charge in [-0.3, -0.25) is 0 Å². The Morgan fingerprint density at radius 1 is 1.21 bits per heavy atom. The topological polar surface area (TPSA) is 43.1 Å². The van der Waals surface area contributed by atoms with Crippen LogP contribution in [-0.2, 0) is 0 Å². The Kier molecular flexibility index (Phi) is 1.48. The maximum Gasteiger partial charge on any atom is 0.366 e. The van der Waals surface area contributed by atoms with Gasteiger partial charge in [0.1, 0.15) is 0 Å². The standard InChI is InChI=1S/C11H9NO2/c13-11-9-4-2-1-3-8(9)10(12-14-11)7-5-6-7/h1-4,7H,5-6H2. The molecule has 0 aliphatic heterocycles. The average Bonchev–Trinajstić information content (AvgIpc) is 3.03. The van der Waals surface area contributed by atoms with Gasteiger partial charge in [0.2, 0.25) is 0 Å². The summed E-state index contributed by atoms with van der Waals surface area (Å²) in [6.07, 6.45) is 2.31. The fraction of sp³-hybridized carbons (Fsp3) is 0.273. The molecule has 0 N–H and O–H groups in total. The highest BCUT2D eigenvalue weighted by atomic mass is 16.5.